The van der Waals surface area contributed by atoms with Crippen LogP contribution in [0.25, 0.3) is 5.69 Å². The Balaban J connectivity index is 1.45. The predicted octanol–water partition coefficient (Wildman–Crippen LogP) is 6.11. The molecule has 202 valence electrons. The topological polar surface area (TPSA) is 93.0 Å². The predicted molar refractivity (Wildman–Crippen MR) is 156 cm³/mol. The number of carbonyl (C=O) groups excluding carboxylic acids is 1. The highest BCUT2D eigenvalue weighted by atomic mass is 35.5. The maximum Gasteiger partial charge on any atom is 0.260 e. The van der Waals surface area contributed by atoms with Crippen LogP contribution in [-0.4, -0.2) is 37.9 Å². The number of para-hydroxylation sites is 1. The Hall–Kier alpha value is -3.79. The van der Waals surface area contributed by atoms with Crippen molar-refractivity contribution in [1.82, 2.24) is 9.99 Å². The van der Waals surface area contributed by atoms with Crippen molar-refractivity contribution in [3.05, 3.63) is 106 Å². The van der Waals surface area contributed by atoms with Crippen LogP contribution in [-0.2, 0) is 14.8 Å². The van der Waals surface area contributed by atoms with Crippen LogP contribution in [0.2, 0.25) is 10.0 Å². The molecule has 0 saturated carbocycles. The molecule has 1 amide bonds. The van der Waals surface area contributed by atoms with Crippen molar-refractivity contribution in [1.29, 1.82) is 0 Å². The summed E-state index contributed by atoms with van der Waals surface area (Å²) in [6.07, 6.45) is 2.53. The third-order valence-electron chi connectivity index (χ3n) is 5.83. The third-order valence-corrected chi connectivity index (χ3v) is 7.78. The maximum absolute atomic E-state index is 12.6. The average molecular weight is 586 g/mol. The van der Waals surface area contributed by atoms with Gasteiger partial charge in [0.05, 0.1) is 33.9 Å². The van der Waals surface area contributed by atoms with Crippen LogP contribution in [0.5, 0.6) is 11.5 Å². The first-order valence-electron chi connectivity index (χ1n) is 11.8. The van der Waals surface area contributed by atoms with Gasteiger partial charge in [0.25, 0.3) is 5.91 Å². The molecule has 0 spiro atoms. The number of aryl methyl sites for hydroxylation is 1. The highest BCUT2D eigenvalue weighted by Crippen LogP contribution is 2.31. The summed E-state index contributed by atoms with van der Waals surface area (Å²) < 4.78 is 33.6. The second-order valence-corrected chi connectivity index (χ2v) is 11.4. The lowest BCUT2D eigenvalue weighted by molar-refractivity contribution is -0.119. The van der Waals surface area contributed by atoms with Crippen LogP contribution in [0.3, 0.4) is 0 Å². The van der Waals surface area contributed by atoms with E-state index in [1.165, 1.54) is 6.21 Å². The standard InChI is InChI=1S/C28H26Cl2N4O4S/c1-19-16-21(20(2)34(19)26-11-7-10-25(29)28(26)30)17-31-32-27(35)18-33(39(3,36)37)22-12-14-24(15-13-22)38-23-8-5-4-6-9-23/h4-17H,18H2,1-3H3,(H,32,35)/b31-17+. The van der Waals surface area contributed by atoms with Crippen molar-refractivity contribution in [2.75, 3.05) is 17.1 Å². The summed E-state index contributed by atoms with van der Waals surface area (Å²) in [4.78, 5) is 12.6. The van der Waals surface area contributed by atoms with Gasteiger partial charge in [0, 0.05) is 17.0 Å². The quantitative estimate of drug-likeness (QED) is 0.190. The summed E-state index contributed by atoms with van der Waals surface area (Å²) in [5.74, 6) is 0.580. The number of aromatic nitrogens is 1. The minimum absolute atomic E-state index is 0.319. The van der Waals surface area contributed by atoms with E-state index < -0.39 is 22.5 Å². The van der Waals surface area contributed by atoms with Crippen molar-refractivity contribution in [2.24, 2.45) is 5.10 Å². The van der Waals surface area contributed by atoms with E-state index in [0.717, 1.165) is 33.2 Å². The number of amides is 1. The molecule has 0 radical (unpaired) electrons. The van der Waals surface area contributed by atoms with E-state index in [9.17, 15) is 13.2 Å². The van der Waals surface area contributed by atoms with E-state index in [-0.39, 0.29) is 0 Å². The number of nitrogens with one attached hydrogen (secondary N) is 1. The molecule has 39 heavy (non-hydrogen) atoms. The molecular formula is C28H26Cl2N4O4S. The van der Waals surface area contributed by atoms with Crippen molar-refractivity contribution >= 4 is 51.0 Å². The number of hydrogen-bond acceptors (Lipinski definition) is 5. The largest absolute Gasteiger partial charge is 0.457 e. The molecule has 0 bridgehead atoms. The zero-order chi connectivity index (χ0) is 28.2. The molecule has 0 fully saturated rings. The van der Waals surface area contributed by atoms with E-state index >= 15 is 0 Å². The lowest BCUT2D eigenvalue weighted by Gasteiger charge is -2.21. The van der Waals surface area contributed by atoms with Gasteiger partial charge in [-0.15, -0.1) is 0 Å². The number of ether oxygens (including phenoxy) is 1. The summed E-state index contributed by atoms with van der Waals surface area (Å²) in [5.41, 5.74) is 5.94. The smallest absolute Gasteiger partial charge is 0.260 e. The highest BCUT2D eigenvalue weighted by molar-refractivity contribution is 7.92. The Morgan fingerprint density at radius 2 is 1.67 bits per heavy atom. The fourth-order valence-corrected chi connectivity index (χ4v) is 5.24. The number of halogens is 2. The molecule has 0 aliphatic carbocycles. The summed E-state index contributed by atoms with van der Waals surface area (Å²) in [5, 5.41) is 4.91. The molecule has 0 unspecified atom stereocenters. The summed E-state index contributed by atoms with van der Waals surface area (Å²) in [6, 6.07) is 22.9. The molecule has 3 aromatic carbocycles. The molecule has 8 nitrogen and oxygen atoms in total. The molecule has 4 aromatic rings. The number of carbonyl (C=O) groups is 1. The molecule has 0 aliphatic rings. The molecule has 1 aromatic heterocycles. The maximum atomic E-state index is 12.6. The van der Waals surface area contributed by atoms with Gasteiger partial charge < -0.3 is 9.30 Å². The van der Waals surface area contributed by atoms with Crippen LogP contribution >= 0.6 is 23.2 Å². The molecule has 1 heterocycles. The third kappa shape index (κ3) is 6.81. The van der Waals surface area contributed by atoms with Crippen LogP contribution in [0.4, 0.5) is 5.69 Å². The minimum Gasteiger partial charge on any atom is -0.457 e. The lowest BCUT2D eigenvalue weighted by atomic mass is 10.2. The van der Waals surface area contributed by atoms with Gasteiger partial charge in [0.15, 0.2) is 0 Å². The van der Waals surface area contributed by atoms with Crippen molar-refractivity contribution in [2.45, 2.75) is 13.8 Å². The van der Waals surface area contributed by atoms with Crippen molar-refractivity contribution in [3.63, 3.8) is 0 Å². The monoisotopic (exact) mass is 584 g/mol. The average Bonchev–Trinajstić information content (AvgIpc) is 3.17. The molecule has 11 heteroatoms. The first-order valence-corrected chi connectivity index (χ1v) is 14.4. The number of sulfonamides is 1. The van der Waals surface area contributed by atoms with Gasteiger partial charge in [0.1, 0.15) is 18.0 Å². The van der Waals surface area contributed by atoms with Gasteiger partial charge in [-0.1, -0.05) is 47.5 Å². The number of hydrogen-bond donors (Lipinski definition) is 1. The SMILES string of the molecule is Cc1cc(/C=N/NC(=O)CN(c2ccc(Oc3ccccc3)cc2)S(C)(=O)=O)c(C)n1-c1cccc(Cl)c1Cl. The number of rotatable bonds is 9. The number of benzene rings is 3. The van der Waals surface area contributed by atoms with Crippen LogP contribution < -0.4 is 14.5 Å². The number of anilines is 1. The van der Waals surface area contributed by atoms with Crippen molar-refractivity contribution in [3.8, 4) is 17.2 Å². The van der Waals surface area contributed by atoms with Gasteiger partial charge >= 0.3 is 0 Å². The van der Waals surface area contributed by atoms with E-state index in [2.05, 4.69) is 10.5 Å². The Labute approximate surface area is 237 Å². The van der Waals surface area contributed by atoms with E-state index in [4.69, 9.17) is 27.9 Å². The Morgan fingerprint density at radius 3 is 2.33 bits per heavy atom. The molecule has 0 aliphatic heterocycles. The zero-order valence-corrected chi connectivity index (χ0v) is 23.8. The van der Waals surface area contributed by atoms with Gasteiger partial charge in [-0.25, -0.2) is 13.8 Å². The van der Waals surface area contributed by atoms with Gasteiger partial charge in [-0.2, -0.15) is 5.10 Å². The second kappa shape index (κ2) is 11.9. The van der Waals surface area contributed by atoms with Gasteiger partial charge in [-0.3, -0.25) is 9.10 Å². The van der Waals surface area contributed by atoms with Crippen molar-refractivity contribution < 1.29 is 17.9 Å². The van der Waals surface area contributed by atoms with E-state index in [1.807, 2.05) is 66.9 Å². The highest BCUT2D eigenvalue weighted by Gasteiger charge is 2.21. The molecular weight excluding hydrogens is 559 g/mol. The Kier molecular flexibility index (Phi) is 8.64. The Morgan fingerprint density at radius 1 is 1.00 bits per heavy atom. The number of hydrazone groups is 1. The molecule has 4 rings (SSSR count). The molecule has 0 atom stereocenters. The first-order chi connectivity index (χ1) is 18.5. The first kappa shape index (κ1) is 28.2. The van der Waals surface area contributed by atoms with Gasteiger partial charge in [0.2, 0.25) is 10.0 Å². The zero-order valence-electron chi connectivity index (χ0n) is 21.4. The number of nitrogens with zero attached hydrogens (tertiary/aromatic N) is 3. The summed E-state index contributed by atoms with van der Waals surface area (Å²) in [7, 11) is -3.76. The minimum atomic E-state index is -3.76. The normalized spacial score (nSPS) is 11.5. The van der Waals surface area contributed by atoms with Crippen LogP contribution in [0, 0.1) is 13.8 Å². The Bertz CT molecular complexity index is 1620. The fourth-order valence-electron chi connectivity index (χ4n) is 4.00. The molecule has 1 N–H and O–H groups in total. The van der Waals surface area contributed by atoms with E-state index in [1.54, 1.807) is 30.3 Å². The molecule has 0 saturated heterocycles. The van der Waals surface area contributed by atoms with E-state index in [0.29, 0.717) is 27.2 Å². The summed E-state index contributed by atoms with van der Waals surface area (Å²) >= 11 is 12.6. The van der Waals surface area contributed by atoms with Crippen LogP contribution in [0.1, 0.15) is 17.0 Å². The van der Waals surface area contributed by atoms with Gasteiger partial charge in [-0.05, 0) is 68.4 Å². The fraction of sp³-hybridized carbons (Fsp3) is 0.143. The van der Waals surface area contributed by atoms with Crippen LogP contribution in [0.15, 0.2) is 84.0 Å². The second-order valence-electron chi connectivity index (χ2n) is 8.71. The lowest BCUT2D eigenvalue weighted by Crippen LogP contribution is -2.39. The summed E-state index contributed by atoms with van der Waals surface area (Å²) in [6.45, 7) is 3.36.